The van der Waals surface area contributed by atoms with E-state index in [-0.39, 0.29) is 45.7 Å². The number of hydrogen-bond donors (Lipinski definition) is 0. The van der Waals surface area contributed by atoms with E-state index in [4.69, 9.17) is 21.1 Å². The van der Waals surface area contributed by atoms with E-state index in [0.29, 0.717) is 13.1 Å². The second-order valence-corrected chi connectivity index (χ2v) is 9.23. The molecule has 12 heteroatoms. The minimum atomic E-state index is -0.766. The maximum atomic E-state index is 15.1. The molecule has 1 saturated heterocycles. The molecule has 8 nitrogen and oxygen atoms in total. The minimum Gasteiger partial charge on any atom is -0.453 e. The topological polar surface area (TPSA) is 74.4 Å². The van der Waals surface area contributed by atoms with Crippen LogP contribution in [0.4, 0.5) is 19.0 Å². The summed E-state index contributed by atoms with van der Waals surface area (Å²) in [4.78, 5) is 18.7. The summed E-state index contributed by atoms with van der Waals surface area (Å²) in [5.74, 6) is -1.96. The Morgan fingerprint density at radius 1 is 1.08 bits per heavy atom. The maximum absolute atomic E-state index is 15.1. The van der Waals surface area contributed by atoms with E-state index in [2.05, 4.69) is 10.1 Å². The van der Waals surface area contributed by atoms with Crippen LogP contribution in [0.3, 0.4) is 0 Å². The lowest BCUT2D eigenvalue weighted by atomic mass is 9.96. The Balaban J connectivity index is 1.36. The van der Waals surface area contributed by atoms with Gasteiger partial charge in [-0.1, -0.05) is 17.7 Å². The number of anilines is 1. The van der Waals surface area contributed by atoms with Gasteiger partial charge in [0.25, 0.3) is 0 Å². The van der Waals surface area contributed by atoms with E-state index < -0.39 is 23.1 Å². The molecule has 0 unspecified atom stereocenters. The van der Waals surface area contributed by atoms with E-state index in [0.717, 1.165) is 21.4 Å². The monoisotopic (exact) mass is 531 g/mol. The third-order valence-electron chi connectivity index (χ3n) is 6.18. The number of aromatic nitrogens is 4. The molecule has 1 aliphatic heterocycles. The van der Waals surface area contributed by atoms with Gasteiger partial charge in [0.2, 0.25) is 5.82 Å². The summed E-state index contributed by atoms with van der Waals surface area (Å²) in [7, 11) is 1.60. The first-order valence-corrected chi connectivity index (χ1v) is 11.6. The Kier molecular flexibility index (Phi) is 6.42. The number of ether oxygens (including phenoxy) is 2. The Bertz CT molecular complexity index is 1510. The molecular formula is C25H21ClF3N5O3. The summed E-state index contributed by atoms with van der Waals surface area (Å²) >= 11 is 6.37. The van der Waals surface area contributed by atoms with Gasteiger partial charge in [-0.05, 0) is 37.3 Å². The zero-order chi connectivity index (χ0) is 26.3. The second-order valence-electron chi connectivity index (χ2n) is 8.83. The number of rotatable bonds is 7. The van der Waals surface area contributed by atoms with Gasteiger partial charge in [0.05, 0.1) is 35.9 Å². The summed E-state index contributed by atoms with van der Waals surface area (Å²) in [6.45, 7) is 2.56. The van der Waals surface area contributed by atoms with Crippen molar-refractivity contribution in [2.24, 2.45) is 0 Å². The minimum absolute atomic E-state index is 0.0703. The van der Waals surface area contributed by atoms with Gasteiger partial charge in [-0.25, -0.2) is 18.6 Å². The molecule has 4 aromatic rings. The lowest BCUT2D eigenvalue weighted by molar-refractivity contribution is -0.0174. The highest BCUT2D eigenvalue weighted by molar-refractivity contribution is 6.32. The zero-order valence-corrected chi connectivity index (χ0v) is 20.5. The lowest BCUT2D eigenvalue weighted by Gasteiger charge is -2.47. The molecule has 192 valence electrons. The van der Waals surface area contributed by atoms with Gasteiger partial charge in [0, 0.05) is 24.9 Å². The maximum Gasteiger partial charge on any atom is 0.350 e. The largest absolute Gasteiger partial charge is 0.453 e. The van der Waals surface area contributed by atoms with E-state index in [1.807, 2.05) is 6.92 Å². The SMILES string of the molecule is COC1(C)CN(c2nccc(Oc3ccc(-n4ncn(Cc5c(F)cccc5F)c4=O)cc3Cl)c2F)C1. The highest BCUT2D eigenvalue weighted by atomic mass is 35.5. The van der Waals surface area contributed by atoms with E-state index in [9.17, 15) is 13.6 Å². The molecule has 0 spiro atoms. The smallest absolute Gasteiger partial charge is 0.350 e. The standard InChI is InChI=1S/C25H21ClF3N5O3/c1-25(36-2)12-33(13-25)23-22(29)21(8-9-30-23)37-20-7-6-15(10-17(20)26)34-24(35)32(14-31-34)11-16-18(27)4-3-5-19(16)28/h3-10,14H,11-13H2,1-2H3. The molecule has 3 heterocycles. The van der Waals surface area contributed by atoms with Gasteiger partial charge in [0.15, 0.2) is 11.6 Å². The van der Waals surface area contributed by atoms with Crippen LogP contribution in [0.5, 0.6) is 11.5 Å². The summed E-state index contributed by atoms with van der Waals surface area (Å²) in [6.07, 6.45) is 2.61. The van der Waals surface area contributed by atoms with Gasteiger partial charge < -0.3 is 14.4 Å². The number of methoxy groups -OCH3 is 1. The van der Waals surface area contributed by atoms with Crippen LogP contribution >= 0.6 is 11.6 Å². The fourth-order valence-electron chi connectivity index (χ4n) is 4.05. The number of hydrogen-bond acceptors (Lipinski definition) is 6. The summed E-state index contributed by atoms with van der Waals surface area (Å²) in [5.41, 5.74) is -0.964. The van der Waals surface area contributed by atoms with Gasteiger partial charge in [0.1, 0.15) is 23.7 Å². The molecule has 0 radical (unpaired) electrons. The van der Waals surface area contributed by atoms with Crippen molar-refractivity contribution in [2.45, 2.75) is 19.1 Å². The van der Waals surface area contributed by atoms with Gasteiger partial charge >= 0.3 is 5.69 Å². The lowest BCUT2D eigenvalue weighted by Crippen LogP contribution is -2.61. The van der Waals surface area contributed by atoms with Crippen LogP contribution in [-0.2, 0) is 11.3 Å². The summed E-state index contributed by atoms with van der Waals surface area (Å²) < 4.78 is 56.3. The van der Waals surface area contributed by atoms with Crippen LogP contribution < -0.4 is 15.3 Å². The molecule has 37 heavy (non-hydrogen) atoms. The van der Waals surface area contributed by atoms with Crippen molar-refractivity contribution in [3.63, 3.8) is 0 Å². The van der Waals surface area contributed by atoms with Crippen LogP contribution in [0.2, 0.25) is 5.02 Å². The number of halogens is 4. The molecule has 0 atom stereocenters. The van der Waals surface area contributed by atoms with Gasteiger partial charge in [-0.3, -0.25) is 4.57 Å². The molecular weight excluding hydrogens is 511 g/mol. The van der Waals surface area contributed by atoms with Gasteiger partial charge in [-0.15, -0.1) is 0 Å². The highest BCUT2D eigenvalue weighted by Gasteiger charge is 2.41. The molecule has 0 N–H and O–H groups in total. The van der Waals surface area contributed by atoms with Crippen molar-refractivity contribution in [2.75, 3.05) is 25.1 Å². The molecule has 1 aliphatic rings. The first kappa shape index (κ1) is 24.8. The molecule has 5 rings (SSSR count). The predicted molar refractivity (Wildman–Crippen MR) is 130 cm³/mol. The van der Waals surface area contributed by atoms with Crippen LogP contribution in [0.15, 0.2) is 59.8 Å². The Labute approximate surface area is 214 Å². The highest BCUT2D eigenvalue weighted by Crippen LogP contribution is 2.36. The molecule has 2 aromatic carbocycles. The molecule has 0 amide bonds. The van der Waals surface area contributed by atoms with Gasteiger partial charge in [-0.2, -0.15) is 14.2 Å². The fraction of sp³-hybridized carbons (Fsp3) is 0.240. The Morgan fingerprint density at radius 2 is 1.81 bits per heavy atom. The van der Waals surface area contributed by atoms with Crippen LogP contribution in [-0.4, -0.2) is 45.1 Å². The number of nitrogens with zero attached hydrogens (tertiary/aromatic N) is 5. The fourth-order valence-corrected chi connectivity index (χ4v) is 4.26. The summed E-state index contributed by atoms with van der Waals surface area (Å²) in [6, 6.07) is 9.23. The molecule has 1 fully saturated rings. The quantitative estimate of drug-likeness (QED) is 0.348. The number of benzene rings is 2. The Morgan fingerprint density at radius 3 is 2.49 bits per heavy atom. The third kappa shape index (κ3) is 4.67. The van der Waals surface area contributed by atoms with Crippen LogP contribution in [0.25, 0.3) is 5.69 Å². The van der Waals surface area contributed by atoms with E-state index in [1.54, 1.807) is 12.0 Å². The Hall–Kier alpha value is -3.83. The third-order valence-corrected chi connectivity index (χ3v) is 6.48. The first-order valence-electron chi connectivity index (χ1n) is 11.2. The van der Waals surface area contributed by atoms with Crippen molar-refractivity contribution in [3.8, 4) is 17.2 Å². The normalized spacial score (nSPS) is 14.5. The molecule has 2 aromatic heterocycles. The zero-order valence-electron chi connectivity index (χ0n) is 19.8. The van der Waals surface area contributed by atoms with Crippen LogP contribution in [0.1, 0.15) is 12.5 Å². The predicted octanol–water partition coefficient (Wildman–Crippen LogP) is 4.57. The molecule has 0 aliphatic carbocycles. The number of pyridine rings is 1. The van der Waals surface area contributed by atoms with E-state index in [1.165, 1.54) is 42.9 Å². The average Bonchev–Trinajstić information content (AvgIpc) is 3.22. The van der Waals surface area contributed by atoms with Crippen LogP contribution in [0, 0.1) is 17.5 Å². The summed E-state index contributed by atoms with van der Waals surface area (Å²) in [5, 5.41) is 4.11. The van der Waals surface area contributed by atoms with Crippen molar-refractivity contribution < 1.29 is 22.6 Å². The van der Waals surface area contributed by atoms with Crippen molar-refractivity contribution >= 4 is 17.4 Å². The van der Waals surface area contributed by atoms with Crippen molar-refractivity contribution in [1.82, 2.24) is 19.3 Å². The average molecular weight is 532 g/mol. The van der Waals surface area contributed by atoms with Crippen molar-refractivity contribution in [1.29, 1.82) is 0 Å². The molecule has 0 bridgehead atoms. The van der Waals surface area contributed by atoms with E-state index >= 15 is 4.39 Å². The van der Waals surface area contributed by atoms with Crippen molar-refractivity contribution in [3.05, 3.63) is 93.5 Å². The first-order chi connectivity index (χ1) is 17.7. The molecule has 0 saturated carbocycles. The second kappa shape index (κ2) is 9.56.